The van der Waals surface area contributed by atoms with Crippen molar-refractivity contribution in [2.24, 2.45) is 0 Å². The first-order valence-corrected chi connectivity index (χ1v) is 16.1. The predicted octanol–water partition coefficient (Wildman–Crippen LogP) is 2.04. The minimum atomic E-state index is -0.990. The van der Waals surface area contributed by atoms with Crippen molar-refractivity contribution in [3.05, 3.63) is 208 Å². The summed E-state index contributed by atoms with van der Waals surface area (Å²) in [7, 11) is 0. The van der Waals surface area contributed by atoms with E-state index in [2.05, 4.69) is 61.2 Å². The third-order valence-electron chi connectivity index (χ3n) is 6.97. The van der Waals surface area contributed by atoms with E-state index in [-0.39, 0.29) is 165 Å². The van der Waals surface area contributed by atoms with Gasteiger partial charge in [0.05, 0.1) is 11.0 Å². The Balaban J connectivity index is -0.000000342. The minimum Gasteiger partial charge on any atom is -1.00 e. The molecule has 4 aromatic heterocycles. The number of carboxylic acid groups (broad SMARTS) is 2. The Morgan fingerprint density at radius 1 is 0.567 bits per heavy atom. The van der Waals surface area contributed by atoms with E-state index in [1.807, 2.05) is 97.1 Å². The molecule has 0 aliphatic rings. The van der Waals surface area contributed by atoms with Crippen molar-refractivity contribution in [3.63, 3.8) is 0 Å². The van der Waals surface area contributed by atoms with Gasteiger partial charge < -0.3 is 21.8 Å². The number of aromatic carboxylic acids is 2. The molecule has 0 amide bonds. The van der Waals surface area contributed by atoms with E-state index in [4.69, 9.17) is 20.3 Å². The number of para-hydroxylation sites is 2. The number of pyridine rings is 4. The molecule has 15 heteroatoms. The van der Waals surface area contributed by atoms with Crippen LogP contribution in [0, 0.1) is 27.0 Å². The zero-order valence-electron chi connectivity index (χ0n) is 34.4. The molecule has 4 radical (unpaired) electrons. The Kier molecular flexibility index (Phi) is 35.0. The van der Waals surface area contributed by atoms with Crippen molar-refractivity contribution in [2.45, 2.75) is 0 Å². The van der Waals surface area contributed by atoms with Crippen molar-refractivity contribution in [2.75, 3.05) is 0 Å². The number of carbonyl (C=O) groups excluding carboxylic acids is 1. The van der Waals surface area contributed by atoms with Crippen molar-refractivity contribution in [3.8, 4) is 22.5 Å². The topological polar surface area (TPSA) is 176 Å². The third kappa shape index (κ3) is 21.1. The molecule has 0 aliphatic carbocycles. The number of hydrogen-bond acceptors (Lipinski definition) is 9. The van der Waals surface area contributed by atoms with Gasteiger partial charge in [-0.15, -0.1) is 71.8 Å². The van der Waals surface area contributed by atoms with Crippen LogP contribution in [0.3, 0.4) is 0 Å². The maximum Gasteiger partial charge on any atom is 1.00 e. The minimum absolute atomic E-state index is 0. The summed E-state index contributed by atoms with van der Waals surface area (Å²) >= 11 is 0. The van der Waals surface area contributed by atoms with Crippen LogP contribution in [0.2, 0.25) is 0 Å². The van der Waals surface area contributed by atoms with Gasteiger partial charge in [-0.3, -0.25) is 14.8 Å². The summed E-state index contributed by atoms with van der Waals surface area (Å²) in [4.78, 5) is 47.9. The molecule has 4 heterocycles. The molecule has 2 N–H and O–H groups in total. The van der Waals surface area contributed by atoms with Crippen LogP contribution in [0.15, 0.2) is 170 Å². The van der Waals surface area contributed by atoms with Gasteiger partial charge in [0.25, 0.3) is 6.47 Å². The van der Waals surface area contributed by atoms with E-state index < -0.39 is 11.9 Å². The molecule has 8 rings (SSSR count). The van der Waals surface area contributed by atoms with Crippen molar-refractivity contribution < 1.29 is 159 Å². The summed E-state index contributed by atoms with van der Waals surface area (Å²) in [6.45, 7) is -0.181. The molecule has 4 aromatic carbocycles. The number of nitrogens with zero attached hydrogens (tertiary/aromatic N) is 4. The first-order valence-electron chi connectivity index (χ1n) is 16.1. The van der Waals surface area contributed by atoms with Crippen LogP contribution in [0.1, 0.15) is 22.4 Å². The number of carboxylic acids is 2. The average Bonchev–Trinajstić information content (AvgIpc) is 3.25. The van der Waals surface area contributed by atoms with Crippen LogP contribution in [-0.4, -0.2) is 57.0 Å². The van der Waals surface area contributed by atoms with E-state index in [1.165, 1.54) is 35.3 Å². The first-order chi connectivity index (χ1) is 26.4. The van der Waals surface area contributed by atoms with Gasteiger partial charge in [0, 0.05) is 55.8 Å². The van der Waals surface area contributed by atoms with Crippen LogP contribution in [0.4, 0.5) is 0 Å². The van der Waals surface area contributed by atoms with Gasteiger partial charge in [0.1, 0.15) is 11.4 Å². The monoisotopic (exact) mass is 1030 g/mol. The fourth-order valence-electron chi connectivity index (χ4n) is 4.52. The van der Waals surface area contributed by atoms with Gasteiger partial charge in [-0.05, 0) is 58.6 Å². The average molecular weight is 1030 g/mol. The molecule has 0 bridgehead atoms. The summed E-state index contributed by atoms with van der Waals surface area (Å²) in [6, 6.07) is 56.2. The fourth-order valence-corrected chi connectivity index (χ4v) is 4.52. The first kappa shape index (κ1) is 60.4. The molecule has 0 fully saturated rings. The zero-order chi connectivity index (χ0) is 38.4. The van der Waals surface area contributed by atoms with Gasteiger partial charge in [0.2, 0.25) is 0 Å². The predicted molar refractivity (Wildman–Crippen MR) is 221 cm³/mol. The van der Waals surface area contributed by atoms with Crippen LogP contribution < -0.4 is 108 Å². The zero-order valence-corrected chi connectivity index (χ0v) is 42.0. The van der Waals surface area contributed by atoms with E-state index in [1.54, 1.807) is 24.3 Å². The molecule has 0 spiro atoms. The molecule has 0 saturated carbocycles. The Labute approximate surface area is 452 Å². The quantitative estimate of drug-likeness (QED) is 0.0850. The second kappa shape index (κ2) is 34.8. The van der Waals surface area contributed by atoms with E-state index >= 15 is 0 Å². The van der Waals surface area contributed by atoms with Crippen molar-refractivity contribution in [1.82, 2.24) is 19.9 Å². The summed E-state index contributed by atoms with van der Waals surface area (Å²) < 4.78 is 0. The molecule has 294 valence electrons. The number of rotatable bonds is 5. The van der Waals surface area contributed by atoms with Gasteiger partial charge in [-0.1, -0.05) is 72.8 Å². The second-order valence-corrected chi connectivity index (χ2v) is 10.6. The Bertz CT molecular complexity index is 2220. The van der Waals surface area contributed by atoms with Crippen LogP contribution in [0.5, 0.6) is 0 Å². The molecular formula is C45H38BIrK2N4O7. The number of aromatic nitrogens is 4. The normalized spacial score (nSPS) is 8.62. The second-order valence-electron chi connectivity index (χ2n) is 10.6. The van der Waals surface area contributed by atoms with Gasteiger partial charge >= 0.3 is 115 Å². The molecule has 0 aliphatic heterocycles. The van der Waals surface area contributed by atoms with E-state index in [0.717, 1.165) is 33.5 Å². The van der Waals surface area contributed by atoms with Crippen LogP contribution in [-0.2, 0) is 29.8 Å². The van der Waals surface area contributed by atoms with E-state index in [9.17, 15) is 9.59 Å². The smallest absolute Gasteiger partial charge is 1.00 e. The van der Waals surface area contributed by atoms with Gasteiger partial charge in [-0.2, -0.15) is 0 Å². The summed E-state index contributed by atoms with van der Waals surface area (Å²) in [5.41, 5.74) is 6.23. The maximum absolute atomic E-state index is 10.1. The molecule has 0 atom stereocenters. The number of fused-ring (bicyclic) bond motifs is 2. The largest absolute Gasteiger partial charge is 1.00 e. The third-order valence-corrected chi connectivity index (χ3v) is 6.97. The Hall–Kier alpha value is -3.90. The standard InChI is InChI=1S/2C15H10N.2C6H5NO2.CH2O3.2CH3.B.Ir.2K.H/c2*1-2-6-12(7-3-1)15-11-10-13-8-4-5-9-14(13)16-15;2*8-6(9)5-3-1-2-4-7-5;2-1-4-3;;;;;;;/h2*1-6,8-11H;2*1-4H,(H,8,9);1,3H;2*1H3;;;;;/q2*-1;;;;2*+1;;;2*+1;-1/p-1. The summed E-state index contributed by atoms with van der Waals surface area (Å²) in [5.74, 6) is -1.98. The molecule has 0 saturated heterocycles. The van der Waals surface area contributed by atoms with Crippen molar-refractivity contribution >= 4 is 48.6 Å². The fraction of sp³-hybridized carbons (Fsp3) is 0. The van der Waals surface area contributed by atoms with Crippen LogP contribution >= 0.6 is 0 Å². The van der Waals surface area contributed by atoms with E-state index in [0.29, 0.717) is 0 Å². The van der Waals surface area contributed by atoms with Crippen LogP contribution in [0.25, 0.3) is 44.3 Å². The SMILES string of the molecule is O=C(O)c1ccccn1.O=C(O)c1ccccn1.O=CO[O-].[B].[CH3+].[CH3+].[H-].[Ir].[K+].[K+].[c-]1ccccc1-c1ccc2ccccc2n1.[c-]1ccccc1-c1ccc2ccccc2n1. The Morgan fingerprint density at radius 3 is 1.20 bits per heavy atom. The van der Waals surface area contributed by atoms with Gasteiger partial charge in [0.15, 0.2) is 0 Å². The number of carbonyl (C=O) groups is 3. The summed E-state index contributed by atoms with van der Waals surface area (Å²) in [6.07, 6.45) is 2.90. The molecule has 60 heavy (non-hydrogen) atoms. The molecular weight excluding hydrogens is 990 g/mol. The molecule has 0 unspecified atom stereocenters. The number of hydrogen-bond donors (Lipinski definition) is 2. The van der Waals surface area contributed by atoms with Crippen molar-refractivity contribution in [1.29, 1.82) is 0 Å². The Morgan fingerprint density at radius 2 is 0.917 bits per heavy atom. The molecule has 11 nitrogen and oxygen atoms in total. The number of benzene rings is 4. The maximum atomic E-state index is 10.1. The molecule has 8 aromatic rings. The van der Waals surface area contributed by atoms with Gasteiger partial charge in [-0.25, -0.2) is 19.6 Å². The summed E-state index contributed by atoms with van der Waals surface area (Å²) in [5, 5.41) is 27.4.